The zero-order chi connectivity index (χ0) is 17.9. The molecule has 1 aromatic rings. The second-order valence-corrected chi connectivity index (χ2v) is 5.42. The highest BCUT2D eigenvalue weighted by Gasteiger charge is 2.22. The summed E-state index contributed by atoms with van der Waals surface area (Å²) in [6.45, 7) is 9.08. The summed E-state index contributed by atoms with van der Waals surface area (Å²) in [6, 6.07) is 4.73. The minimum Gasteiger partial charge on any atom is -0.462 e. The third-order valence-corrected chi connectivity index (χ3v) is 3.79. The van der Waals surface area contributed by atoms with Crippen molar-refractivity contribution in [2.24, 2.45) is 0 Å². The molecule has 134 valence electrons. The Balaban J connectivity index is 2.78. The molecule has 0 aliphatic rings. The van der Waals surface area contributed by atoms with Crippen molar-refractivity contribution in [3.63, 3.8) is 0 Å². The number of benzene rings is 1. The summed E-state index contributed by atoms with van der Waals surface area (Å²) in [5, 5.41) is 0. The van der Waals surface area contributed by atoms with Crippen molar-refractivity contribution in [3.05, 3.63) is 29.3 Å². The standard InChI is InChI=1S/C18H28N2O4/c1-4-7-12-23-17(21)14-9-8-10-15(19)16(14)18(22)24-13-11-20(5-2)6-3/h8-10H,4-7,11-13,19H2,1-3H3. The van der Waals surface area contributed by atoms with Crippen LogP contribution in [0.15, 0.2) is 18.2 Å². The van der Waals surface area contributed by atoms with Crippen LogP contribution in [-0.4, -0.2) is 49.7 Å². The average Bonchev–Trinajstić information content (AvgIpc) is 2.58. The fourth-order valence-corrected chi connectivity index (χ4v) is 2.23. The summed E-state index contributed by atoms with van der Waals surface area (Å²) in [7, 11) is 0. The van der Waals surface area contributed by atoms with Gasteiger partial charge in [0.05, 0.1) is 17.7 Å². The number of nitrogens with zero attached hydrogens (tertiary/aromatic N) is 1. The third kappa shape index (κ3) is 5.85. The summed E-state index contributed by atoms with van der Waals surface area (Å²) in [5.41, 5.74) is 6.33. The van der Waals surface area contributed by atoms with E-state index in [4.69, 9.17) is 15.2 Å². The molecule has 0 unspecified atom stereocenters. The number of hydrogen-bond donors (Lipinski definition) is 1. The highest BCUT2D eigenvalue weighted by molar-refractivity contribution is 6.06. The van der Waals surface area contributed by atoms with Gasteiger partial charge in [-0.25, -0.2) is 9.59 Å². The van der Waals surface area contributed by atoms with E-state index in [1.165, 1.54) is 6.07 Å². The van der Waals surface area contributed by atoms with Crippen LogP contribution in [0.5, 0.6) is 0 Å². The second kappa shape index (κ2) is 10.6. The maximum atomic E-state index is 12.4. The number of unbranched alkanes of at least 4 members (excludes halogenated alkanes) is 1. The molecule has 6 heteroatoms. The first kappa shape index (κ1) is 20.0. The second-order valence-electron chi connectivity index (χ2n) is 5.42. The molecular formula is C18H28N2O4. The normalized spacial score (nSPS) is 10.7. The van der Waals surface area contributed by atoms with E-state index in [2.05, 4.69) is 4.90 Å². The fourth-order valence-electron chi connectivity index (χ4n) is 2.23. The molecule has 2 N–H and O–H groups in total. The lowest BCUT2D eigenvalue weighted by Crippen LogP contribution is -2.28. The van der Waals surface area contributed by atoms with Crippen LogP contribution >= 0.6 is 0 Å². The molecule has 6 nitrogen and oxygen atoms in total. The van der Waals surface area contributed by atoms with Crippen molar-refractivity contribution in [1.29, 1.82) is 0 Å². The molecule has 0 saturated carbocycles. The fraction of sp³-hybridized carbons (Fsp3) is 0.556. The number of hydrogen-bond acceptors (Lipinski definition) is 6. The van der Waals surface area contributed by atoms with E-state index in [1.54, 1.807) is 12.1 Å². The predicted octanol–water partition coefficient (Wildman–Crippen LogP) is 2.72. The number of ether oxygens (including phenoxy) is 2. The van der Waals surface area contributed by atoms with Gasteiger partial charge in [-0.15, -0.1) is 0 Å². The molecule has 24 heavy (non-hydrogen) atoms. The number of carbonyl (C=O) groups excluding carboxylic acids is 2. The van der Waals surface area contributed by atoms with Crippen LogP contribution in [-0.2, 0) is 9.47 Å². The van der Waals surface area contributed by atoms with Gasteiger partial charge in [0.15, 0.2) is 0 Å². The molecule has 0 radical (unpaired) electrons. The Morgan fingerprint density at radius 2 is 1.71 bits per heavy atom. The van der Waals surface area contributed by atoms with Crippen LogP contribution in [0.1, 0.15) is 54.3 Å². The van der Waals surface area contributed by atoms with Crippen molar-refractivity contribution in [2.45, 2.75) is 33.6 Å². The van der Waals surface area contributed by atoms with Crippen LogP contribution in [0.3, 0.4) is 0 Å². The van der Waals surface area contributed by atoms with E-state index in [0.717, 1.165) is 25.9 Å². The average molecular weight is 336 g/mol. The van der Waals surface area contributed by atoms with Gasteiger partial charge in [0.1, 0.15) is 6.61 Å². The van der Waals surface area contributed by atoms with Crippen molar-refractivity contribution in [2.75, 3.05) is 38.6 Å². The smallest absolute Gasteiger partial charge is 0.341 e. The predicted molar refractivity (Wildman–Crippen MR) is 94.1 cm³/mol. The number of anilines is 1. The summed E-state index contributed by atoms with van der Waals surface area (Å²) >= 11 is 0. The first-order chi connectivity index (χ1) is 11.5. The number of nitrogen functional groups attached to an aromatic ring is 1. The number of carbonyl (C=O) groups is 2. The molecule has 0 heterocycles. The maximum Gasteiger partial charge on any atom is 0.341 e. The molecular weight excluding hydrogens is 308 g/mol. The Morgan fingerprint density at radius 1 is 1.04 bits per heavy atom. The zero-order valence-electron chi connectivity index (χ0n) is 14.8. The summed E-state index contributed by atoms with van der Waals surface area (Å²) in [4.78, 5) is 26.7. The largest absolute Gasteiger partial charge is 0.462 e. The SMILES string of the molecule is CCCCOC(=O)c1cccc(N)c1C(=O)OCCN(CC)CC. The molecule has 0 saturated heterocycles. The zero-order valence-corrected chi connectivity index (χ0v) is 14.8. The first-order valence-electron chi connectivity index (χ1n) is 8.50. The molecule has 0 aromatic heterocycles. The molecule has 0 aliphatic carbocycles. The van der Waals surface area contributed by atoms with Gasteiger partial charge < -0.3 is 20.1 Å². The van der Waals surface area contributed by atoms with Crippen molar-refractivity contribution >= 4 is 17.6 Å². The summed E-state index contributed by atoms with van der Waals surface area (Å²) < 4.78 is 10.5. The van der Waals surface area contributed by atoms with Gasteiger partial charge in [0.25, 0.3) is 0 Å². The number of likely N-dealkylation sites (N-methyl/N-ethyl adjacent to an activating group) is 1. The monoisotopic (exact) mass is 336 g/mol. The Labute approximate surface area is 143 Å². The van der Waals surface area contributed by atoms with Gasteiger partial charge in [-0.05, 0) is 31.6 Å². The topological polar surface area (TPSA) is 81.9 Å². The molecule has 0 spiro atoms. The van der Waals surface area contributed by atoms with E-state index in [9.17, 15) is 9.59 Å². The van der Waals surface area contributed by atoms with Crippen molar-refractivity contribution < 1.29 is 19.1 Å². The molecule has 0 bridgehead atoms. The highest BCUT2D eigenvalue weighted by Crippen LogP contribution is 2.19. The molecule has 1 rings (SSSR count). The molecule has 0 atom stereocenters. The van der Waals surface area contributed by atoms with Crippen molar-refractivity contribution in [3.8, 4) is 0 Å². The molecule has 0 aliphatic heterocycles. The van der Waals surface area contributed by atoms with E-state index < -0.39 is 11.9 Å². The number of rotatable bonds is 10. The van der Waals surface area contributed by atoms with Gasteiger partial charge in [-0.3, -0.25) is 0 Å². The summed E-state index contributed by atoms with van der Waals surface area (Å²) in [5.74, 6) is -1.14. The first-order valence-corrected chi connectivity index (χ1v) is 8.50. The number of nitrogens with two attached hydrogens (primary N) is 1. The lowest BCUT2D eigenvalue weighted by molar-refractivity contribution is 0.0434. The maximum absolute atomic E-state index is 12.4. The molecule has 0 amide bonds. The van der Waals surface area contributed by atoms with Gasteiger partial charge in [0, 0.05) is 12.2 Å². The Kier molecular flexibility index (Phi) is 8.86. The van der Waals surface area contributed by atoms with E-state index in [0.29, 0.717) is 13.2 Å². The summed E-state index contributed by atoms with van der Waals surface area (Å²) in [6.07, 6.45) is 1.70. The Morgan fingerprint density at radius 3 is 2.33 bits per heavy atom. The van der Waals surface area contributed by atoms with E-state index >= 15 is 0 Å². The van der Waals surface area contributed by atoms with Crippen molar-refractivity contribution in [1.82, 2.24) is 4.90 Å². The van der Waals surface area contributed by atoms with Gasteiger partial charge in [-0.2, -0.15) is 0 Å². The lowest BCUT2D eigenvalue weighted by Gasteiger charge is -2.18. The molecule has 1 aromatic carbocycles. The molecule has 0 fully saturated rings. The quantitative estimate of drug-likeness (QED) is 0.402. The van der Waals surface area contributed by atoms with Gasteiger partial charge >= 0.3 is 11.9 Å². The third-order valence-electron chi connectivity index (χ3n) is 3.79. The lowest BCUT2D eigenvalue weighted by atomic mass is 10.1. The van der Waals surface area contributed by atoms with Crippen LogP contribution < -0.4 is 5.73 Å². The van der Waals surface area contributed by atoms with Crippen LogP contribution in [0.25, 0.3) is 0 Å². The Bertz CT molecular complexity index is 542. The van der Waals surface area contributed by atoms with Gasteiger partial charge in [0.2, 0.25) is 0 Å². The minimum absolute atomic E-state index is 0.0820. The minimum atomic E-state index is -0.595. The van der Waals surface area contributed by atoms with E-state index in [-0.39, 0.29) is 23.4 Å². The van der Waals surface area contributed by atoms with Gasteiger partial charge in [-0.1, -0.05) is 33.3 Å². The Hall–Kier alpha value is -2.08. The van der Waals surface area contributed by atoms with Crippen LogP contribution in [0.4, 0.5) is 5.69 Å². The van der Waals surface area contributed by atoms with Crippen LogP contribution in [0.2, 0.25) is 0 Å². The van der Waals surface area contributed by atoms with E-state index in [1.807, 2.05) is 20.8 Å². The van der Waals surface area contributed by atoms with Crippen LogP contribution in [0, 0.1) is 0 Å². The number of esters is 2. The highest BCUT2D eigenvalue weighted by atomic mass is 16.5.